The highest BCUT2D eigenvalue weighted by Gasteiger charge is 2.16. The van der Waals surface area contributed by atoms with Gasteiger partial charge in [0.1, 0.15) is 23.2 Å². The number of methoxy groups -OCH3 is 1. The second-order valence-electron chi connectivity index (χ2n) is 8.30. The number of thiazole rings is 1. The molecule has 0 bridgehead atoms. The van der Waals surface area contributed by atoms with Crippen molar-refractivity contribution in [2.45, 2.75) is 45.3 Å². The largest absolute Gasteiger partial charge is 0.496 e. The standard InChI is InChI=1S/C26H25N3O4S/c1-32-22-9-6-5-8-20(22)24-27-18(16-34-24)15-33-26(31)17-11-12-19-21(14-17)28-23-10-4-2-3-7-13-29(23)25(19)30/h5-6,8-9,11-12,14,16H,2-4,7,10,13,15H2,1H3. The first kappa shape index (κ1) is 22.3. The van der Waals surface area contributed by atoms with Gasteiger partial charge in [-0.3, -0.25) is 9.36 Å². The Morgan fingerprint density at radius 1 is 1.09 bits per heavy atom. The SMILES string of the molecule is COc1ccccc1-c1nc(COC(=O)c2ccc3c(=O)n4c(nc3c2)CCCCCC4)cs1. The van der Waals surface area contributed by atoms with Crippen LogP contribution >= 0.6 is 11.3 Å². The summed E-state index contributed by atoms with van der Waals surface area (Å²) in [5.74, 6) is 1.07. The number of esters is 1. The van der Waals surface area contributed by atoms with E-state index in [9.17, 15) is 9.59 Å². The van der Waals surface area contributed by atoms with Crippen LogP contribution in [0.3, 0.4) is 0 Å². The average Bonchev–Trinajstić information content (AvgIpc) is 3.32. The molecule has 0 aliphatic carbocycles. The molecule has 0 saturated heterocycles. The molecule has 0 fully saturated rings. The maximum atomic E-state index is 13.0. The molecule has 0 radical (unpaired) electrons. The number of hydrogen-bond acceptors (Lipinski definition) is 7. The Morgan fingerprint density at radius 3 is 2.82 bits per heavy atom. The maximum Gasteiger partial charge on any atom is 0.338 e. The molecule has 7 nitrogen and oxygen atoms in total. The number of benzene rings is 2. The molecule has 174 valence electrons. The van der Waals surface area contributed by atoms with E-state index in [2.05, 4.69) is 4.98 Å². The molecule has 0 N–H and O–H groups in total. The summed E-state index contributed by atoms with van der Waals surface area (Å²) in [6.07, 6.45) is 5.06. The lowest BCUT2D eigenvalue weighted by molar-refractivity contribution is 0.0468. The van der Waals surface area contributed by atoms with Crippen molar-refractivity contribution < 1.29 is 14.3 Å². The van der Waals surface area contributed by atoms with Crippen LogP contribution in [0.4, 0.5) is 0 Å². The molecular weight excluding hydrogens is 450 g/mol. The predicted molar refractivity (Wildman–Crippen MR) is 131 cm³/mol. The summed E-state index contributed by atoms with van der Waals surface area (Å²) in [5, 5.41) is 3.20. The lowest BCUT2D eigenvalue weighted by Gasteiger charge is -2.16. The lowest BCUT2D eigenvalue weighted by Crippen LogP contribution is -2.26. The second kappa shape index (κ2) is 9.77. The van der Waals surface area contributed by atoms with Gasteiger partial charge in [-0.15, -0.1) is 11.3 Å². The van der Waals surface area contributed by atoms with E-state index >= 15 is 0 Å². The maximum absolute atomic E-state index is 13.0. The molecule has 1 aliphatic heterocycles. The van der Waals surface area contributed by atoms with Crippen LogP contribution in [-0.4, -0.2) is 27.6 Å². The van der Waals surface area contributed by atoms with E-state index < -0.39 is 5.97 Å². The summed E-state index contributed by atoms with van der Waals surface area (Å²) in [4.78, 5) is 35.0. The molecule has 34 heavy (non-hydrogen) atoms. The van der Waals surface area contributed by atoms with Crippen molar-refractivity contribution in [3.05, 3.63) is 75.3 Å². The van der Waals surface area contributed by atoms with Crippen LogP contribution < -0.4 is 10.3 Å². The van der Waals surface area contributed by atoms with Crippen molar-refractivity contribution in [3.8, 4) is 16.3 Å². The molecule has 0 atom stereocenters. The predicted octanol–water partition coefficient (Wildman–Crippen LogP) is 5.00. The van der Waals surface area contributed by atoms with E-state index in [1.807, 2.05) is 29.6 Å². The molecule has 2 aromatic carbocycles. The van der Waals surface area contributed by atoms with Crippen LogP contribution in [0, 0.1) is 0 Å². The number of hydrogen-bond donors (Lipinski definition) is 0. The minimum Gasteiger partial charge on any atom is -0.496 e. The minimum atomic E-state index is -0.470. The molecule has 1 aliphatic rings. The highest BCUT2D eigenvalue weighted by Crippen LogP contribution is 2.32. The van der Waals surface area contributed by atoms with E-state index in [1.54, 1.807) is 29.9 Å². The van der Waals surface area contributed by atoms with Gasteiger partial charge in [0.15, 0.2) is 0 Å². The summed E-state index contributed by atoms with van der Waals surface area (Å²) in [6.45, 7) is 0.758. The Kier molecular flexibility index (Phi) is 6.40. The van der Waals surface area contributed by atoms with Gasteiger partial charge < -0.3 is 9.47 Å². The fourth-order valence-corrected chi connectivity index (χ4v) is 5.10. The molecule has 2 aromatic heterocycles. The Balaban J connectivity index is 1.33. The number of ether oxygens (including phenoxy) is 2. The molecule has 0 saturated carbocycles. The van der Waals surface area contributed by atoms with Gasteiger partial charge in [-0.1, -0.05) is 25.0 Å². The van der Waals surface area contributed by atoms with Crippen molar-refractivity contribution in [1.82, 2.24) is 14.5 Å². The van der Waals surface area contributed by atoms with Crippen LogP contribution in [0.15, 0.2) is 52.6 Å². The van der Waals surface area contributed by atoms with Gasteiger partial charge in [0.2, 0.25) is 0 Å². The fraction of sp³-hybridized carbons (Fsp3) is 0.308. The number of rotatable bonds is 5. The third-order valence-corrected chi connectivity index (χ3v) is 6.97. The lowest BCUT2D eigenvalue weighted by atomic mass is 10.1. The molecule has 5 rings (SSSR count). The number of aromatic nitrogens is 3. The highest BCUT2D eigenvalue weighted by molar-refractivity contribution is 7.13. The third-order valence-electron chi connectivity index (χ3n) is 6.04. The Labute approximate surface area is 201 Å². The normalized spacial score (nSPS) is 13.7. The summed E-state index contributed by atoms with van der Waals surface area (Å²) in [6, 6.07) is 12.6. The monoisotopic (exact) mass is 475 g/mol. The smallest absolute Gasteiger partial charge is 0.338 e. The number of carbonyl (C=O) groups is 1. The van der Waals surface area contributed by atoms with Gasteiger partial charge in [-0.25, -0.2) is 14.8 Å². The highest BCUT2D eigenvalue weighted by atomic mass is 32.1. The second-order valence-corrected chi connectivity index (χ2v) is 9.16. The minimum absolute atomic E-state index is 0.0341. The van der Waals surface area contributed by atoms with Crippen LogP contribution in [0.1, 0.15) is 47.6 Å². The van der Waals surface area contributed by atoms with Crippen LogP contribution in [0.2, 0.25) is 0 Å². The topological polar surface area (TPSA) is 83.3 Å². The zero-order valence-electron chi connectivity index (χ0n) is 19.0. The number of fused-ring (bicyclic) bond motifs is 2. The van der Waals surface area contributed by atoms with Crippen molar-refractivity contribution in [2.24, 2.45) is 0 Å². The number of para-hydroxylation sites is 1. The molecule has 0 amide bonds. The van der Waals surface area contributed by atoms with E-state index in [-0.39, 0.29) is 12.2 Å². The van der Waals surface area contributed by atoms with Gasteiger partial charge in [0, 0.05) is 18.3 Å². The van der Waals surface area contributed by atoms with Crippen molar-refractivity contribution in [3.63, 3.8) is 0 Å². The molecule has 8 heteroatoms. The van der Waals surface area contributed by atoms with Crippen molar-refractivity contribution in [2.75, 3.05) is 7.11 Å². The number of aryl methyl sites for hydroxylation is 1. The fourth-order valence-electron chi connectivity index (χ4n) is 4.26. The van der Waals surface area contributed by atoms with Crippen LogP contribution in [0.25, 0.3) is 21.5 Å². The average molecular weight is 476 g/mol. The van der Waals surface area contributed by atoms with Gasteiger partial charge in [0.05, 0.1) is 34.8 Å². The van der Waals surface area contributed by atoms with Crippen molar-refractivity contribution >= 4 is 28.2 Å². The zero-order chi connectivity index (χ0) is 23.5. The van der Waals surface area contributed by atoms with E-state index in [1.165, 1.54) is 11.3 Å². The number of nitrogens with zero attached hydrogens (tertiary/aromatic N) is 3. The molecule has 3 heterocycles. The summed E-state index contributed by atoms with van der Waals surface area (Å²) >= 11 is 1.47. The summed E-state index contributed by atoms with van der Waals surface area (Å²) < 4.78 is 12.7. The van der Waals surface area contributed by atoms with Crippen LogP contribution in [-0.2, 0) is 24.3 Å². The van der Waals surface area contributed by atoms with Gasteiger partial charge >= 0.3 is 5.97 Å². The Morgan fingerprint density at radius 2 is 1.94 bits per heavy atom. The first-order chi connectivity index (χ1) is 16.6. The summed E-state index contributed by atoms with van der Waals surface area (Å²) in [7, 11) is 1.63. The number of carbonyl (C=O) groups excluding carboxylic acids is 1. The van der Waals surface area contributed by atoms with Gasteiger partial charge in [-0.05, 0) is 43.2 Å². The summed E-state index contributed by atoms with van der Waals surface area (Å²) in [5.41, 5.74) is 2.44. The van der Waals surface area contributed by atoms with E-state index in [0.717, 1.165) is 54.2 Å². The molecule has 0 unspecified atom stereocenters. The first-order valence-electron chi connectivity index (χ1n) is 11.4. The van der Waals surface area contributed by atoms with Gasteiger partial charge in [-0.2, -0.15) is 0 Å². The van der Waals surface area contributed by atoms with E-state index in [0.29, 0.717) is 28.7 Å². The van der Waals surface area contributed by atoms with E-state index in [4.69, 9.17) is 14.5 Å². The third kappa shape index (κ3) is 4.46. The zero-order valence-corrected chi connectivity index (χ0v) is 19.8. The van der Waals surface area contributed by atoms with Crippen LogP contribution in [0.5, 0.6) is 5.75 Å². The first-order valence-corrected chi connectivity index (χ1v) is 12.3. The van der Waals surface area contributed by atoms with Gasteiger partial charge in [0.25, 0.3) is 5.56 Å². The Bertz CT molecular complexity index is 1410. The van der Waals surface area contributed by atoms with Crippen molar-refractivity contribution in [1.29, 1.82) is 0 Å². The molecular formula is C26H25N3O4S. The Hall–Kier alpha value is -3.52. The molecule has 4 aromatic rings. The quantitative estimate of drug-likeness (QED) is 0.378. The molecule has 0 spiro atoms.